The molecule has 0 aliphatic heterocycles. The molecule has 0 saturated carbocycles. The fourth-order valence-corrected chi connectivity index (χ4v) is 4.50. The third-order valence-corrected chi connectivity index (χ3v) is 6.17. The van der Waals surface area contributed by atoms with E-state index < -0.39 is 0 Å². The zero-order valence-electron chi connectivity index (χ0n) is 16.2. The van der Waals surface area contributed by atoms with Crippen LogP contribution in [-0.4, -0.2) is 46.1 Å². The van der Waals surface area contributed by atoms with Crippen LogP contribution in [0.5, 0.6) is 0 Å². The van der Waals surface area contributed by atoms with Crippen molar-refractivity contribution in [2.75, 3.05) is 20.3 Å². The molecule has 4 rings (SSSR count). The molecule has 29 heavy (non-hydrogen) atoms. The summed E-state index contributed by atoms with van der Waals surface area (Å²) in [6, 6.07) is 6.17. The average molecular weight is 428 g/mol. The fourth-order valence-electron chi connectivity index (χ4n) is 2.99. The second-order valence-electron chi connectivity index (χ2n) is 6.58. The molecular formula is C20H21N5O2S2. The molecule has 3 heterocycles. The number of methoxy groups -OCH3 is 1. The molecule has 3 aromatic heterocycles. The van der Waals surface area contributed by atoms with Gasteiger partial charge in [0, 0.05) is 43.1 Å². The quantitative estimate of drug-likeness (QED) is 0.417. The number of benzene rings is 1. The SMILES string of the molecule is COCCNC(=O)CCc1nc(-c2nc(C)cs2)c(-c2ccc3ncsc3c2)[nH]1. The topological polar surface area (TPSA) is 92.8 Å². The molecular weight excluding hydrogens is 406 g/mol. The van der Waals surface area contributed by atoms with Gasteiger partial charge >= 0.3 is 0 Å². The number of amides is 1. The smallest absolute Gasteiger partial charge is 0.220 e. The molecule has 1 aromatic carbocycles. The summed E-state index contributed by atoms with van der Waals surface area (Å²) in [6.45, 7) is 2.99. The minimum absolute atomic E-state index is 0.0160. The summed E-state index contributed by atoms with van der Waals surface area (Å²) in [6.07, 6.45) is 0.889. The number of nitrogens with one attached hydrogen (secondary N) is 2. The number of H-pyrrole nitrogens is 1. The number of aromatic amines is 1. The third kappa shape index (κ3) is 4.52. The van der Waals surface area contributed by atoms with Gasteiger partial charge in [-0.25, -0.2) is 15.0 Å². The number of hydrogen-bond donors (Lipinski definition) is 2. The molecule has 0 aliphatic carbocycles. The molecule has 0 bridgehead atoms. The van der Waals surface area contributed by atoms with Crippen LogP contribution in [0.25, 0.3) is 32.2 Å². The van der Waals surface area contributed by atoms with Crippen molar-refractivity contribution < 1.29 is 9.53 Å². The summed E-state index contributed by atoms with van der Waals surface area (Å²) in [4.78, 5) is 29.2. The predicted octanol–water partition coefficient (Wildman–Crippen LogP) is 3.81. The Balaban J connectivity index is 1.61. The maximum atomic E-state index is 12.0. The van der Waals surface area contributed by atoms with Crippen LogP contribution < -0.4 is 5.32 Å². The van der Waals surface area contributed by atoms with E-state index in [-0.39, 0.29) is 5.91 Å². The Kier molecular flexibility index (Phi) is 5.98. The Morgan fingerprint density at radius 2 is 2.17 bits per heavy atom. The highest BCUT2D eigenvalue weighted by Crippen LogP contribution is 2.34. The van der Waals surface area contributed by atoms with Gasteiger partial charge in [-0.3, -0.25) is 4.79 Å². The summed E-state index contributed by atoms with van der Waals surface area (Å²) < 4.78 is 6.08. The molecule has 2 N–H and O–H groups in total. The number of nitrogens with zero attached hydrogens (tertiary/aromatic N) is 3. The number of fused-ring (bicyclic) bond motifs is 1. The minimum atomic E-state index is -0.0160. The first-order valence-electron chi connectivity index (χ1n) is 9.24. The highest BCUT2D eigenvalue weighted by molar-refractivity contribution is 7.16. The van der Waals surface area contributed by atoms with Gasteiger partial charge in [0.1, 0.15) is 16.5 Å². The number of aromatic nitrogens is 4. The van der Waals surface area contributed by atoms with Gasteiger partial charge in [0.2, 0.25) is 5.91 Å². The summed E-state index contributed by atoms with van der Waals surface area (Å²) in [5.41, 5.74) is 6.58. The van der Waals surface area contributed by atoms with Crippen molar-refractivity contribution in [3.05, 3.63) is 40.6 Å². The van der Waals surface area contributed by atoms with Crippen LogP contribution >= 0.6 is 22.7 Å². The van der Waals surface area contributed by atoms with Gasteiger partial charge in [-0.05, 0) is 19.1 Å². The highest BCUT2D eigenvalue weighted by atomic mass is 32.1. The lowest BCUT2D eigenvalue weighted by atomic mass is 10.1. The first-order valence-corrected chi connectivity index (χ1v) is 11.0. The molecule has 1 amide bonds. The number of aryl methyl sites for hydroxylation is 2. The van der Waals surface area contributed by atoms with Gasteiger partial charge in [0.05, 0.1) is 28.0 Å². The predicted molar refractivity (Wildman–Crippen MR) is 116 cm³/mol. The molecule has 4 aromatic rings. The van der Waals surface area contributed by atoms with Crippen LogP contribution in [0.1, 0.15) is 17.9 Å². The van der Waals surface area contributed by atoms with E-state index in [1.54, 1.807) is 29.8 Å². The lowest BCUT2D eigenvalue weighted by molar-refractivity contribution is -0.121. The van der Waals surface area contributed by atoms with E-state index >= 15 is 0 Å². The van der Waals surface area contributed by atoms with Crippen molar-refractivity contribution in [2.24, 2.45) is 0 Å². The first-order chi connectivity index (χ1) is 14.1. The van der Waals surface area contributed by atoms with Crippen LogP contribution in [0.4, 0.5) is 0 Å². The number of carbonyl (C=O) groups is 1. The summed E-state index contributed by atoms with van der Waals surface area (Å²) in [5.74, 6) is 0.756. The molecule has 0 unspecified atom stereocenters. The van der Waals surface area contributed by atoms with Gasteiger partial charge < -0.3 is 15.0 Å². The zero-order chi connectivity index (χ0) is 20.2. The molecule has 0 saturated heterocycles. The van der Waals surface area contributed by atoms with E-state index in [1.165, 1.54) is 0 Å². The van der Waals surface area contributed by atoms with E-state index in [9.17, 15) is 4.79 Å². The van der Waals surface area contributed by atoms with Crippen LogP contribution in [0.3, 0.4) is 0 Å². The number of ether oxygens (including phenoxy) is 1. The number of thiazole rings is 2. The van der Waals surface area contributed by atoms with E-state index in [0.717, 1.165) is 43.7 Å². The molecule has 0 aliphatic rings. The summed E-state index contributed by atoms with van der Waals surface area (Å²) in [5, 5.41) is 5.72. The monoisotopic (exact) mass is 427 g/mol. The number of rotatable bonds is 8. The normalized spacial score (nSPS) is 11.2. The van der Waals surface area contributed by atoms with Crippen molar-refractivity contribution in [3.8, 4) is 22.0 Å². The van der Waals surface area contributed by atoms with Gasteiger partial charge in [0.15, 0.2) is 0 Å². The first kappa shape index (κ1) is 19.7. The van der Waals surface area contributed by atoms with Gasteiger partial charge in [-0.2, -0.15) is 0 Å². The minimum Gasteiger partial charge on any atom is -0.383 e. The van der Waals surface area contributed by atoms with Crippen molar-refractivity contribution in [3.63, 3.8) is 0 Å². The maximum Gasteiger partial charge on any atom is 0.220 e. The maximum absolute atomic E-state index is 12.0. The summed E-state index contributed by atoms with van der Waals surface area (Å²) in [7, 11) is 1.61. The van der Waals surface area contributed by atoms with Gasteiger partial charge in [0.25, 0.3) is 0 Å². The molecule has 0 fully saturated rings. The van der Waals surface area contributed by atoms with Gasteiger partial charge in [-0.1, -0.05) is 6.07 Å². The van der Waals surface area contributed by atoms with Crippen LogP contribution in [-0.2, 0) is 16.0 Å². The van der Waals surface area contributed by atoms with Crippen molar-refractivity contribution >= 4 is 38.8 Å². The largest absolute Gasteiger partial charge is 0.383 e. The van der Waals surface area contributed by atoms with Crippen molar-refractivity contribution in [1.29, 1.82) is 0 Å². The standard InChI is InChI=1S/C20H21N5O2S2/c1-12-10-28-20(23-12)19-18(13-3-4-14-15(9-13)29-11-22-14)24-16(25-19)5-6-17(26)21-7-8-27-2/h3-4,9-11H,5-8H2,1-2H3,(H,21,26)(H,24,25). The molecule has 0 atom stereocenters. The molecule has 7 nitrogen and oxygen atoms in total. The van der Waals surface area contributed by atoms with Crippen LogP contribution in [0.2, 0.25) is 0 Å². The fraction of sp³-hybridized carbons (Fsp3) is 0.300. The Labute approximate surface area is 176 Å². The van der Waals surface area contributed by atoms with Crippen LogP contribution in [0.15, 0.2) is 29.1 Å². The lowest BCUT2D eigenvalue weighted by Gasteiger charge is -2.03. The van der Waals surface area contributed by atoms with Crippen molar-refractivity contribution in [1.82, 2.24) is 25.3 Å². The van der Waals surface area contributed by atoms with E-state index in [0.29, 0.717) is 26.0 Å². The van der Waals surface area contributed by atoms with E-state index in [2.05, 4.69) is 26.3 Å². The third-order valence-electron chi connectivity index (χ3n) is 4.41. The zero-order valence-corrected chi connectivity index (χ0v) is 17.8. The Hall–Kier alpha value is -2.62. The average Bonchev–Trinajstić information content (AvgIpc) is 3.45. The van der Waals surface area contributed by atoms with Crippen LogP contribution in [0, 0.1) is 6.92 Å². The van der Waals surface area contributed by atoms with E-state index in [4.69, 9.17) is 9.72 Å². The second kappa shape index (κ2) is 8.81. The Morgan fingerprint density at radius 3 is 2.97 bits per heavy atom. The Bertz CT molecular complexity index is 1130. The highest BCUT2D eigenvalue weighted by Gasteiger charge is 2.18. The molecule has 150 valence electrons. The molecule has 9 heteroatoms. The molecule has 0 spiro atoms. The Morgan fingerprint density at radius 1 is 1.28 bits per heavy atom. The number of carbonyl (C=O) groups excluding carboxylic acids is 1. The van der Waals surface area contributed by atoms with E-state index in [1.807, 2.05) is 29.9 Å². The number of imidazole rings is 1. The summed E-state index contributed by atoms with van der Waals surface area (Å²) >= 11 is 3.18. The number of hydrogen-bond acceptors (Lipinski definition) is 7. The lowest BCUT2D eigenvalue weighted by Crippen LogP contribution is -2.27. The van der Waals surface area contributed by atoms with Crippen molar-refractivity contribution in [2.45, 2.75) is 19.8 Å². The van der Waals surface area contributed by atoms with Gasteiger partial charge in [-0.15, -0.1) is 22.7 Å². The second-order valence-corrected chi connectivity index (χ2v) is 8.32. The molecule has 0 radical (unpaired) electrons.